The molecule has 0 spiro atoms. The molecule has 102 valence electrons. The zero-order valence-corrected chi connectivity index (χ0v) is 11.3. The number of rotatable bonds is 5. The molecule has 2 heterocycles. The summed E-state index contributed by atoms with van der Waals surface area (Å²) in [5.41, 5.74) is 7.62. The van der Waals surface area contributed by atoms with Gasteiger partial charge in [0.2, 0.25) is 0 Å². The molecule has 0 radical (unpaired) electrons. The van der Waals surface area contributed by atoms with Gasteiger partial charge >= 0.3 is 0 Å². The molecule has 0 saturated heterocycles. The maximum absolute atomic E-state index is 12.9. The fourth-order valence-electron chi connectivity index (χ4n) is 2.10. The Morgan fingerprint density at radius 1 is 1.32 bits per heavy atom. The molecular formula is C14H19FN4. The zero-order chi connectivity index (χ0) is 13.9. The minimum atomic E-state index is -0.588. The van der Waals surface area contributed by atoms with Crippen LogP contribution in [0.25, 0.3) is 0 Å². The van der Waals surface area contributed by atoms with Crippen molar-refractivity contribution in [3.63, 3.8) is 0 Å². The van der Waals surface area contributed by atoms with Gasteiger partial charge in [0.1, 0.15) is 5.82 Å². The predicted octanol–water partition coefficient (Wildman–Crippen LogP) is 2.24. The first-order valence-electron chi connectivity index (χ1n) is 6.49. The molecule has 0 aliphatic heterocycles. The molecule has 0 aliphatic carbocycles. The number of hydrogen-bond donors (Lipinski definition) is 1. The van der Waals surface area contributed by atoms with E-state index in [4.69, 9.17) is 5.73 Å². The molecule has 4 nitrogen and oxygen atoms in total. The van der Waals surface area contributed by atoms with Crippen LogP contribution in [0.2, 0.25) is 0 Å². The van der Waals surface area contributed by atoms with E-state index in [1.165, 1.54) is 12.3 Å². The predicted molar refractivity (Wildman–Crippen MR) is 72.0 cm³/mol. The van der Waals surface area contributed by atoms with Crippen molar-refractivity contribution in [1.29, 1.82) is 0 Å². The molecule has 1 unspecified atom stereocenters. The van der Waals surface area contributed by atoms with Crippen LogP contribution in [-0.2, 0) is 18.5 Å². The molecule has 0 amide bonds. The van der Waals surface area contributed by atoms with Gasteiger partial charge in [-0.3, -0.25) is 9.67 Å². The first kappa shape index (κ1) is 13.7. The van der Waals surface area contributed by atoms with Gasteiger partial charge in [0, 0.05) is 12.7 Å². The number of halogens is 1. The summed E-state index contributed by atoms with van der Waals surface area (Å²) in [4.78, 5) is 4.12. The lowest BCUT2D eigenvalue weighted by Crippen LogP contribution is -2.39. The van der Waals surface area contributed by atoms with Crippen molar-refractivity contribution in [3.05, 3.63) is 47.8 Å². The minimum absolute atomic E-state index is 0.346. The zero-order valence-electron chi connectivity index (χ0n) is 11.3. The van der Waals surface area contributed by atoms with E-state index in [9.17, 15) is 4.39 Å². The SMILES string of the molecule is CCn1cc(CC(N)(CC)c2ccc(F)cn2)cn1. The lowest BCUT2D eigenvalue weighted by atomic mass is 9.86. The van der Waals surface area contributed by atoms with Crippen molar-refractivity contribution in [2.45, 2.75) is 38.8 Å². The van der Waals surface area contributed by atoms with Gasteiger partial charge in [-0.2, -0.15) is 5.10 Å². The molecule has 1 atom stereocenters. The van der Waals surface area contributed by atoms with E-state index < -0.39 is 5.54 Å². The monoisotopic (exact) mass is 262 g/mol. The Labute approximate surface area is 112 Å². The Morgan fingerprint density at radius 3 is 2.63 bits per heavy atom. The molecule has 2 rings (SSSR count). The Morgan fingerprint density at radius 2 is 2.11 bits per heavy atom. The van der Waals surface area contributed by atoms with Crippen molar-refractivity contribution < 1.29 is 4.39 Å². The molecule has 2 aromatic rings. The van der Waals surface area contributed by atoms with Gasteiger partial charge in [-0.15, -0.1) is 0 Å². The number of nitrogens with zero attached hydrogens (tertiary/aromatic N) is 3. The van der Waals surface area contributed by atoms with Gasteiger partial charge in [0.15, 0.2) is 0 Å². The van der Waals surface area contributed by atoms with Gasteiger partial charge in [-0.25, -0.2) is 4.39 Å². The van der Waals surface area contributed by atoms with E-state index in [0.29, 0.717) is 12.1 Å². The Balaban J connectivity index is 2.24. The minimum Gasteiger partial charge on any atom is -0.320 e. The third-order valence-electron chi connectivity index (χ3n) is 3.40. The number of aromatic nitrogens is 3. The third-order valence-corrected chi connectivity index (χ3v) is 3.40. The molecule has 0 saturated carbocycles. The van der Waals surface area contributed by atoms with Crippen molar-refractivity contribution >= 4 is 0 Å². The first-order valence-corrected chi connectivity index (χ1v) is 6.49. The second-order valence-corrected chi connectivity index (χ2v) is 4.75. The van der Waals surface area contributed by atoms with E-state index in [-0.39, 0.29) is 5.82 Å². The van der Waals surface area contributed by atoms with Crippen molar-refractivity contribution in [1.82, 2.24) is 14.8 Å². The largest absolute Gasteiger partial charge is 0.320 e. The van der Waals surface area contributed by atoms with Crippen LogP contribution < -0.4 is 5.73 Å². The Bertz CT molecular complexity index is 535. The quantitative estimate of drug-likeness (QED) is 0.899. The van der Waals surface area contributed by atoms with Crippen LogP contribution >= 0.6 is 0 Å². The fourth-order valence-corrected chi connectivity index (χ4v) is 2.10. The van der Waals surface area contributed by atoms with Crippen LogP contribution in [0.15, 0.2) is 30.7 Å². The van der Waals surface area contributed by atoms with Crippen LogP contribution in [0, 0.1) is 5.82 Å². The lowest BCUT2D eigenvalue weighted by Gasteiger charge is -2.27. The second kappa shape index (κ2) is 5.48. The summed E-state index contributed by atoms with van der Waals surface area (Å²) in [7, 11) is 0. The molecule has 2 aromatic heterocycles. The summed E-state index contributed by atoms with van der Waals surface area (Å²) >= 11 is 0. The van der Waals surface area contributed by atoms with Gasteiger partial charge in [0.25, 0.3) is 0 Å². The average Bonchev–Trinajstić information content (AvgIpc) is 2.86. The molecule has 0 fully saturated rings. The molecule has 2 N–H and O–H groups in total. The van der Waals surface area contributed by atoms with Crippen LogP contribution in [0.5, 0.6) is 0 Å². The van der Waals surface area contributed by atoms with Gasteiger partial charge in [0.05, 0.1) is 23.6 Å². The third kappa shape index (κ3) is 2.98. The standard InChI is InChI=1S/C14H19FN4/c1-3-14(16,13-6-5-12(15)9-17-13)7-11-8-18-19(4-2)10-11/h5-6,8-10H,3-4,7,16H2,1-2H3. The Kier molecular flexibility index (Phi) is 3.95. The summed E-state index contributed by atoms with van der Waals surface area (Å²) in [6, 6.07) is 3.05. The van der Waals surface area contributed by atoms with E-state index >= 15 is 0 Å². The highest BCUT2D eigenvalue weighted by molar-refractivity contribution is 5.20. The van der Waals surface area contributed by atoms with Crippen molar-refractivity contribution in [2.75, 3.05) is 0 Å². The van der Waals surface area contributed by atoms with Gasteiger partial charge < -0.3 is 5.73 Å². The van der Waals surface area contributed by atoms with E-state index in [0.717, 1.165) is 18.5 Å². The molecule has 0 bridgehead atoms. The Hall–Kier alpha value is -1.75. The summed E-state index contributed by atoms with van der Waals surface area (Å²) < 4.78 is 14.8. The summed E-state index contributed by atoms with van der Waals surface area (Å²) in [6.45, 7) is 4.88. The highest BCUT2D eigenvalue weighted by atomic mass is 19.1. The highest BCUT2D eigenvalue weighted by Gasteiger charge is 2.27. The summed E-state index contributed by atoms with van der Waals surface area (Å²) in [6.07, 6.45) is 6.39. The normalized spacial score (nSPS) is 14.3. The summed E-state index contributed by atoms with van der Waals surface area (Å²) in [5, 5.41) is 4.24. The van der Waals surface area contributed by atoms with Crippen LogP contribution in [0.3, 0.4) is 0 Å². The topological polar surface area (TPSA) is 56.7 Å². The molecule has 0 aromatic carbocycles. The van der Waals surface area contributed by atoms with E-state index in [1.807, 2.05) is 30.9 Å². The number of pyridine rings is 1. The molecular weight excluding hydrogens is 243 g/mol. The maximum atomic E-state index is 12.9. The van der Waals surface area contributed by atoms with Gasteiger partial charge in [-0.1, -0.05) is 6.92 Å². The van der Waals surface area contributed by atoms with Crippen LogP contribution in [0.4, 0.5) is 4.39 Å². The van der Waals surface area contributed by atoms with Crippen molar-refractivity contribution in [3.8, 4) is 0 Å². The second-order valence-electron chi connectivity index (χ2n) is 4.75. The van der Waals surface area contributed by atoms with Crippen molar-refractivity contribution in [2.24, 2.45) is 5.73 Å². The molecule has 19 heavy (non-hydrogen) atoms. The number of aryl methyl sites for hydroxylation is 1. The highest BCUT2D eigenvalue weighted by Crippen LogP contribution is 2.25. The van der Waals surface area contributed by atoms with Crippen LogP contribution in [-0.4, -0.2) is 14.8 Å². The summed E-state index contributed by atoms with van der Waals surface area (Å²) in [5.74, 6) is -0.346. The van der Waals surface area contributed by atoms with Crippen LogP contribution in [0.1, 0.15) is 31.5 Å². The number of hydrogen-bond acceptors (Lipinski definition) is 3. The molecule has 5 heteroatoms. The molecule has 0 aliphatic rings. The van der Waals surface area contributed by atoms with E-state index in [2.05, 4.69) is 10.1 Å². The van der Waals surface area contributed by atoms with E-state index in [1.54, 1.807) is 6.07 Å². The fraction of sp³-hybridized carbons (Fsp3) is 0.429. The van der Waals surface area contributed by atoms with Gasteiger partial charge in [-0.05, 0) is 37.5 Å². The first-order chi connectivity index (χ1) is 9.07. The maximum Gasteiger partial charge on any atom is 0.141 e. The smallest absolute Gasteiger partial charge is 0.141 e. The number of nitrogens with two attached hydrogens (primary N) is 1. The lowest BCUT2D eigenvalue weighted by molar-refractivity contribution is 0.410. The average molecular weight is 262 g/mol.